The van der Waals surface area contributed by atoms with Crippen LogP contribution in [0, 0.1) is 13.8 Å². The molecule has 0 aliphatic carbocycles. The van der Waals surface area contributed by atoms with Gasteiger partial charge in [0.25, 0.3) is 5.91 Å². The van der Waals surface area contributed by atoms with Crippen molar-refractivity contribution in [2.75, 3.05) is 11.5 Å². The Balaban J connectivity index is 1.46. The lowest BCUT2D eigenvalue weighted by atomic mass is 10.0. The smallest absolute Gasteiger partial charge is 0.352 e. The molecule has 0 bridgehead atoms. The van der Waals surface area contributed by atoms with Gasteiger partial charge in [0.15, 0.2) is 5.16 Å². The number of aliphatic carboxylic acids is 1. The predicted molar refractivity (Wildman–Crippen MR) is 122 cm³/mol. The van der Waals surface area contributed by atoms with Crippen LogP contribution in [0.1, 0.15) is 23.0 Å². The Morgan fingerprint density at radius 2 is 2.09 bits per heavy atom. The van der Waals surface area contributed by atoms with Crippen molar-refractivity contribution in [3.63, 3.8) is 0 Å². The SMILES string of the molecule is Cc1nc(SCC2=C(C(=O)O)N3C(=O)C(NC(=O)C(N)c4ccccc4)[C@@H]3SC2)[nH]c1C. The summed E-state index contributed by atoms with van der Waals surface area (Å²) in [5.41, 5.74) is 9.15. The first-order valence-electron chi connectivity index (χ1n) is 9.94. The van der Waals surface area contributed by atoms with Crippen LogP contribution in [0.5, 0.6) is 0 Å². The summed E-state index contributed by atoms with van der Waals surface area (Å²) in [6.07, 6.45) is 0. The molecule has 4 rings (SSSR count). The first kappa shape index (κ1) is 22.4. The summed E-state index contributed by atoms with van der Waals surface area (Å²) in [6, 6.07) is 7.16. The lowest BCUT2D eigenvalue weighted by Crippen LogP contribution is -2.71. The van der Waals surface area contributed by atoms with E-state index in [1.165, 1.54) is 28.4 Å². The number of aromatic nitrogens is 2. The quantitative estimate of drug-likeness (QED) is 0.351. The number of aryl methyl sites for hydroxylation is 2. The number of thioether (sulfide) groups is 2. The Kier molecular flexibility index (Phi) is 6.31. The lowest BCUT2D eigenvalue weighted by Gasteiger charge is -2.49. The number of amides is 2. The van der Waals surface area contributed by atoms with Crippen molar-refractivity contribution in [1.29, 1.82) is 0 Å². The number of carbonyl (C=O) groups excluding carboxylic acids is 2. The molecule has 2 unspecified atom stereocenters. The van der Waals surface area contributed by atoms with Crippen molar-refractivity contribution in [3.8, 4) is 0 Å². The van der Waals surface area contributed by atoms with E-state index in [9.17, 15) is 19.5 Å². The molecule has 1 saturated heterocycles. The molecule has 168 valence electrons. The zero-order valence-electron chi connectivity index (χ0n) is 17.5. The van der Waals surface area contributed by atoms with E-state index >= 15 is 0 Å². The molecule has 32 heavy (non-hydrogen) atoms. The van der Waals surface area contributed by atoms with E-state index in [0.29, 0.717) is 27.8 Å². The molecule has 2 amide bonds. The number of hydrogen-bond acceptors (Lipinski definition) is 7. The molecule has 11 heteroatoms. The molecule has 3 heterocycles. The second kappa shape index (κ2) is 9.00. The van der Waals surface area contributed by atoms with Crippen LogP contribution in [0.2, 0.25) is 0 Å². The second-order valence-corrected chi connectivity index (χ2v) is 9.65. The maximum Gasteiger partial charge on any atom is 0.352 e. The largest absolute Gasteiger partial charge is 0.477 e. The minimum atomic E-state index is -1.16. The van der Waals surface area contributed by atoms with E-state index in [-0.39, 0.29) is 5.70 Å². The number of imidazole rings is 1. The van der Waals surface area contributed by atoms with E-state index < -0.39 is 35.2 Å². The number of benzene rings is 1. The van der Waals surface area contributed by atoms with Crippen LogP contribution in [0.25, 0.3) is 0 Å². The Bertz CT molecular complexity index is 1080. The molecule has 5 N–H and O–H groups in total. The molecule has 3 atom stereocenters. The van der Waals surface area contributed by atoms with E-state index in [1.807, 2.05) is 19.9 Å². The van der Waals surface area contributed by atoms with Gasteiger partial charge in [0.2, 0.25) is 5.91 Å². The molecular weight excluding hydrogens is 450 g/mol. The lowest BCUT2D eigenvalue weighted by molar-refractivity contribution is -0.150. The van der Waals surface area contributed by atoms with E-state index in [2.05, 4.69) is 15.3 Å². The Morgan fingerprint density at radius 1 is 1.38 bits per heavy atom. The fourth-order valence-electron chi connectivity index (χ4n) is 3.59. The number of β-lactam (4-membered cyclic amide) rings is 1. The number of carbonyl (C=O) groups is 3. The van der Waals surface area contributed by atoms with Gasteiger partial charge in [-0.3, -0.25) is 14.5 Å². The summed E-state index contributed by atoms with van der Waals surface area (Å²) in [7, 11) is 0. The van der Waals surface area contributed by atoms with Gasteiger partial charge in [-0.1, -0.05) is 42.1 Å². The van der Waals surface area contributed by atoms with Gasteiger partial charge in [0.1, 0.15) is 23.2 Å². The number of nitrogens with zero attached hydrogens (tertiary/aromatic N) is 2. The zero-order chi connectivity index (χ0) is 23.0. The van der Waals surface area contributed by atoms with Crippen molar-refractivity contribution in [3.05, 3.63) is 58.6 Å². The summed E-state index contributed by atoms with van der Waals surface area (Å²) in [5.74, 6) is -1.23. The predicted octanol–water partition coefficient (Wildman–Crippen LogP) is 1.56. The zero-order valence-corrected chi connectivity index (χ0v) is 19.1. The van der Waals surface area contributed by atoms with Crippen molar-refractivity contribution < 1.29 is 19.5 Å². The highest BCUT2D eigenvalue weighted by atomic mass is 32.2. The third-order valence-electron chi connectivity index (χ3n) is 5.48. The second-order valence-electron chi connectivity index (χ2n) is 7.58. The van der Waals surface area contributed by atoms with Gasteiger partial charge in [0, 0.05) is 17.2 Å². The molecule has 1 aromatic heterocycles. The fraction of sp³-hybridized carbons (Fsp3) is 0.333. The van der Waals surface area contributed by atoms with E-state index in [0.717, 1.165) is 11.4 Å². The molecule has 2 aliphatic rings. The van der Waals surface area contributed by atoms with Crippen LogP contribution in [0.15, 0.2) is 46.8 Å². The van der Waals surface area contributed by atoms with Crippen molar-refractivity contribution in [2.45, 2.75) is 36.5 Å². The van der Waals surface area contributed by atoms with Gasteiger partial charge in [-0.05, 0) is 25.0 Å². The molecule has 9 nitrogen and oxygen atoms in total. The Labute approximate surface area is 193 Å². The molecule has 0 saturated carbocycles. The maximum atomic E-state index is 12.8. The Hall–Kier alpha value is -2.76. The summed E-state index contributed by atoms with van der Waals surface area (Å²) in [4.78, 5) is 46.2. The molecule has 2 aromatic rings. The minimum Gasteiger partial charge on any atom is -0.477 e. The van der Waals surface area contributed by atoms with Crippen LogP contribution in [-0.4, -0.2) is 60.7 Å². The number of hydrogen-bond donors (Lipinski definition) is 4. The summed E-state index contributed by atoms with van der Waals surface area (Å²) >= 11 is 2.83. The van der Waals surface area contributed by atoms with Crippen LogP contribution < -0.4 is 11.1 Å². The average Bonchev–Trinajstić information content (AvgIpc) is 3.12. The van der Waals surface area contributed by atoms with E-state index in [1.54, 1.807) is 24.3 Å². The third-order valence-corrected chi connectivity index (χ3v) is 7.78. The van der Waals surface area contributed by atoms with Crippen LogP contribution in [-0.2, 0) is 14.4 Å². The number of aromatic amines is 1. The highest BCUT2D eigenvalue weighted by molar-refractivity contribution is 8.01. The number of fused-ring (bicyclic) bond motifs is 1. The average molecular weight is 474 g/mol. The van der Waals surface area contributed by atoms with Crippen LogP contribution in [0.3, 0.4) is 0 Å². The number of nitrogens with one attached hydrogen (secondary N) is 2. The minimum absolute atomic E-state index is 0.0101. The number of rotatable bonds is 7. The molecule has 1 aromatic carbocycles. The summed E-state index contributed by atoms with van der Waals surface area (Å²) in [6.45, 7) is 3.82. The first-order chi connectivity index (χ1) is 15.3. The monoisotopic (exact) mass is 473 g/mol. The molecular formula is C21H23N5O4S2. The van der Waals surface area contributed by atoms with Crippen molar-refractivity contribution in [2.24, 2.45) is 5.73 Å². The van der Waals surface area contributed by atoms with Gasteiger partial charge in [-0.15, -0.1) is 11.8 Å². The number of nitrogens with two attached hydrogens (primary N) is 1. The summed E-state index contributed by atoms with van der Waals surface area (Å²) < 4.78 is 0. The normalized spacial score (nSPS) is 21.1. The van der Waals surface area contributed by atoms with Crippen molar-refractivity contribution in [1.82, 2.24) is 20.2 Å². The van der Waals surface area contributed by atoms with Crippen LogP contribution >= 0.6 is 23.5 Å². The van der Waals surface area contributed by atoms with Gasteiger partial charge in [-0.25, -0.2) is 9.78 Å². The topological polar surface area (TPSA) is 141 Å². The van der Waals surface area contributed by atoms with Crippen molar-refractivity contribution >= 4 is 41.3 Å². The maximum absolute atomic E-state index is 12.8. The third kappa shape index (κ3) is 4.15. The molecule has 1 fully saturated rings. The number of carboxylic acid groups (broad SMARTS) is 1. The van der Waals surface area contributed by atoms with Crippen LogP contribution in [0.4, 0.5) is 0 Å². The first-order valence-corrected chi connectivity index (χ1v) is 12.0. The molecule has 0 spiro atoms. The van der Waals surface area contributed by atoms with Gasteiger partial charge in [0.05, 0.1) is 5.69 Å². The summed E-state index contributed by atoms with van der Waals surface area (Å²) in [5, 5.41) is 12.7. The fourth-order valence-corrected chi connectivity index (χ4v) is 6.04. The Morgan fingerprint density at radius 3 is 2.72 bits per heavy atom. The van der Waals surface area contributed by atoms with Gasteiger partial charge >= 0.3 is 5.97 Å². The highest BCUT2D eigenvalue weighted by Gasteiger charge is 2.54. The van der Waals surface area contributed by atoms with Gasteiger partial charge < -0.3 is 21.1 Å². The number of carboxylic acids is 1. The number of H-pyrrole nitrogens is 1. The van der Waals surface area contributed by atoms with Gasteiger partial charge in [-0.2, -0.15) is 0 Å². The van der Waals surface area contributed by atoms with E-state index in [4.69, 9.17) is 5.73 Å². The molecule has 0 radical (unpaired) electrons. The highest BCUT2D eigenvalue weighted by Crippen LogP contribution is 2.41. The molecule has 2 aliphatic heterocycles. The standard InChI is InChI=1S/C21H23N5O4S2/c1-10-11(2)24-21(23-10)32-9-13-8-31-19-15(18(28)26(19)16(13)20(29)30)25-17(27)14(22)12-6-4-3-5-7-12/h3-7,14-15,19H,8-9,22H2,1-2H3,(H,23,24)(H,25,27)(H,29,30)/t14?,15?,19-/m0/s1.